The number of allylic oxidation sites excluding steroid dienone is 1. The summed E-state index contributed by atoms with van der Waals surface area (Å²) in [7, 11) is 0. The van der Waals surface area contributed by atoms with Crippen LogP contribution >= 0.6 is 0 Å². The number of aliphatic hydroxyl groups excluding tert-OH is 3. The molecular formula is C14H20O3. The average Bonchev–Trinajstić information content (AvgIpc) is 2.33. The molecule has 0 fully saturated rings. The van der Waals surface area contributed by atoms with Gasteiger partial charge in [-0.05, 0) is 37.2 Å². The molecule has 0 heterocycles. The SMILES string of the molecule is OC/C=C/C#CC#C[C@@H](O)CCCCCCO. The predicted molar refractivity (Wildman–Crippen MR) is 68.0 cm³/mol. The topological polar surface area (TPSA) is 60.7 Å². The van der Waals surface area contributed by atoms with Crippen molar-refractivity contribution in [3.05, 3.63) is 12.2 Å². The zero-order valence-electron chi connectivity index (χ0n) is 10.0. The summed E-state index contributed by atoms with van der Waals surface area (Å²) in [6, 6.07) is 0. The zero-order chi connectivity index (χ0) is 12.8. The number of rotatable bonds is 7. The molecule has 0 bridgehead atoms. The highest BCUT2D eigenvalue weighted by atomic mass is 16.3. The lowest BCUT2D eigenvalue weighted by Gasteiger charge is -2.01. The Hall–Kier alpha value is -1.26. The fourth-order valence-electron chi connectivity index (χ4n) is 1.18. The molecule has 0 aromatic carbocycles. The summed E-state index contributed by atoms with van der Waals surface area (Å²) in [5, 5.41) is 26.5. The van der Waals surface area contributed by atoms with Gasteiger partial charge in [-0.3, -0.25) is 0 Å². The van der Waals surface area contributed by atoms with Crippen molar-refractivity contribution in [2.45, 2.75) is 38.2 Å². The van der Waals surface area contributed by atoms with Crippen molar-refractivity contribution in [3.8, 4) is 23.7 Å². The van der Waals surface area contributed by atoms with Crippen LogP contribution < -0.4 is 0 Å². The molecule has 0 saturated heterocycles. The second-order valence-electron chi connectivity index (χ2n) is 3.57. The summed E-state index contributed by atoms with van der Waals surface area (Å²) in [6.45, 7) is 0.206. The Morgan fingerprint density at radius 3 is 2.47 bits per heavy atom. The third-order valence-corrected chi connectivity index (χ3v) is 2.07. The first-order valence-corrected chi connectivity index (χ1v) is 5.87. The molecule has 0 rings (SSSR count). The number of aliphatic hydroxyl groups is 3. The van der Waals surface area contributed by atoms with Crippen LogP contribution in [-0.2, 0) is 0 Å². The Morgan fingerprint density at radius 1 is 1.00 bits per heavy atom. The molecule has 0 radical (unpaired) electrons. The Bertz CT molecular complexity index is 312. The van der Waals surface area contributed by atoms with E-state index in [9.17, 15) is 5.11 Å². The van der Waals surface area contributed by atoms with E-state index >= 15 is 0 Å². The number of hydrogen-bond acceptors (Lipinski definition) is 3. The van der Waals surface area contributed by atoms with E-state index in [0.717, 1.165) is 25.7 Å². The molecule has 0 saturated carbocycles. The molecule has 3 N–H and O–H groups in total. The fraction of sp³-hybridized carbons (Fsp3) is 0.571. The first kappa shape index (κ1) is 15.7. The van der Waals surface area contributed by atoms with Gasteiger partial charge in [0.25, 0.3) is 0 Å². The van der Waals surface area contributed by atoms with Crippen LogP contribution in [0.1, 0.15) is 32.1 Å². The van der Waals surface area contributed by atoms with Gasteiger partial charge in [-0.15, -0.1) is 0 Å². The molecule has 0 spiro atoms. The second-order valence-corrected chi connectivity index (χ2v) is 3.57. The van der Waals surface area contributed by atoms with E-state index < -0.39 is 6.10 Å². The zero-order valence-corrected chi connectivity index (χ0v) is 10.0. The number of unbranched alkanes of at least 4 members (excludes halogenated alkanes) is 3. The summed E-state index contributed by atoms with van der Waals surface area (Å²) in [4.78, 5) is 0. The van der Waals surface area contributed by atoms with E-state index in [1.807, 2.05) is 0 Å². The standard InChI is InChI=1S/C14H20O3/c15-12-8-4-1-2-6-10-14(17)11-7-3-5-9-13-16/h4,8,14-17H,3,5,7,9,11-13H2/b8-4+/t14-/m1/s1. The Kier molecular flexibility index (Phi) is 11.9. The van der Waals surface area contributed by atoms with Crippen LogP contribution in [0.4, 0.5) is 0 Å². The first-order valence-electron chi connectivity index (χ1n) is 5.87. The van der Waals surface area contributed by atoms with Gasteiger partial charge in [-0.1, -0.05) is 30.8 Å². The molecule has 0 aliphatic rings. The largest absolute Gasteiger partial charge is 0.396 e. The van der Waals surface area contributed by atoms with Gasteiger partial charge in [0.15, 0.2) is 0 Å². The highest BCUT2D eigenvalue weighted by Gasteiger charge is 1.97. The number of hydrogen-bond donors (Lipinski definition) is 3. The molecule has 3 nitrogen and oxygen atoms in total. The highest BCUT2D eigenvalue weighted by Crippen LogP contribution is 2.04. The van der Waals surface area contributed by atoms with Gasteiger partial charge in [0, 0.05) is 6.61 Å². The van der Waals surface area contributed by atoms with Crippen molar-refractivity contribution < 1.29 is 15.3 Å². The van der Waals surface area contributed by atoms with Crippen LogP contribution in [0.15, 0.2) is 12.2 Å². The van der Waals surface area contributed by atoms with Gasteiger partial charge in [-0.25, -0.2) is 0 Å². The van der Waals surface area contributed by atoms with E-state index in [4.69, 9.17) is 10.2 Å². The van der Waals surface area contributed by atoms with Crippen molar-refractivity contribution >= 4 is 0 Å². The maximum absolute atomic E-state index is 9.46. The van der Waals surface area contributed by atoms with E-state index in [1.54, 1.807) is 0 Å². The summed E-state index contributed by atoms with van der Waals surface area (Å²) in [5.41, 5.74) is 0. The highest BCUT2D eigenvalue weighted by molar-refractivity contribution is 5.31. The molecule has 17 heavy (non-hydrogen) atoms. The van der Waals surface area contributed by atoms with Gasteiger partial charge in [0.05, 0.1) is 6.61 Å². The molecule has 0 unspecified atom stereocenters. The van der Waals surface area contributed by atoms with Gasteiger partial charge in [-0.2, -0.15) is 0 Å². The average molecular weight is 236 g/mol. The third-order valence-electron chi connectivity index (χ3n) is 2.07. The van der Waals surface area contributed by atoms with Crippen LogP contribution in [0.5, 0.6) is 0 Å². The van der Waals surface area contributed by atoms with E-state index in [1.165, 1.54) is 12.2 Å². The van der Waals surface area contributed by atoms with Crippen molar-refractivity contribution in [3.63, 3.8) is 0 Å². The lowest BCUT2D eigenvalue weighted by atomic mass is 10.1. The van der Waals surface area contributed by atoms with Gasteiger partial charge in [0.2, 0.25) is 0 Å². The molecule has 94 valence electrons. The molecule has 0 aliphatic heterocycles. The van der Waals surface area contributed by atoms with Crippen LogP contribution in [0.2, 0.25) is 0 Å². The molecule has 3 heteroatoms. The van der Waals surface area contributed by atoms with Crippen LogP contribution in [0.25, 0.3) is 0 Å². The van der Waals surface area contributed by atoms with E-state index in [2.05, 4.69) is 23.7 Å². The Balaban J connectivity index is 3.62. The quantitative estimate of drug-likeness (QED) is 0.453. The minimum Gasteiger partial charge on any atom is -0.396 e. The summed E-state index contributed by atoms with van der Waals surface area (Å²) < 4.78 is 0. The van der Waals surface area contributed by atoms with Crippen molar-refractivity contribution in [1.29, 1.82) is 0 Å². The summed E-state index contributed by atoms with van der Waals surface area (Å²) >= 11 is 0. The van der Waals surface area contributed by atoms with Crippen LogP contribution in [-0.4, -0.2) is 34.6 Å². The molecule has 1 atom stereocenters. The minimum absolute atomic E-state index is 0.0292. The molecular weight excluding hydrogens is 216 g/mol. The van der Waals surface area contributed by atoms with Crippen molar-refractivity contribution in [2.24, 2.45) is 0 Å². The maximum Gasteiger partial charge on any atom is 0.115 e. The van der Waals surface area contributed by atoms with Crippen molar-refractivity contribution in [1.82, 2.24) is 0 Å². The monoisotopic (exact) mass is 236 g/mol. The van der Waals surface area contributed by atoms with E-state index in [0.29, 0.717) is 6.42 Å². The van der Waals surface area contributed by atoms with Gasteiger partial charge < -0.3 is 15.3 Å². The van der Waals surface area contributed by atoms with Crippen LogP contribution in [0.3, 0.4) is 0 Å². The fourth-order valence-corrected chi connectivity index (χ4v) is 1.18. The molecule has 0 aromatic heterocycles. The Labute approximate surface area is 103 Å². The minimum atomic E-state index is -0.625. The normalized spacial score (nSPS) is 11.5. The smallest absolute Gasteiger partial charge is 0.115 e. The maximum atomic E-state index is 9.46. The van der Waals surface area contributed by atoms with Crippen LogP contribution in [0, 0.1) is 23.7 Å². The molecule has 0 aromatic rings. The predicted octanol–water partition coefficient (Wildman–Crippen LogP) is 0.845. The Morgan fingerprint density at radius 2 is 1.76 bits per heavy atom. The van der Waals surface area contributed by atoms with Gasteiger partial charge in [0.1, 0.15) is 6.10 Å². The molecule has 0 aliphatic carbocycles. The summed E-state index contributed by atoms with van der Waals surface area (Å²) in [5.74, 6) is 10.4. The lowest BCUT2D eigenvalue weighted by molar-refractivity contribution is 0.216. The van der Waals surface area contributed by atoms with Gasteiger partial charge >= 0.3 is 0 Å². The molecule has 0 amide bonds. The third kappa shape index (κ3) is 12.7. The lowest BCUT2D eigenvalue weighted by Crippen LogP contribution is -2.02. The van der Waals surface area contributed by atoms with Crippen molar-refractivity contribution in [2.75, 3.05) is 13.2 Å². The first-order chi connectivity index (χ1) is 8.31. The summed E-state index contributed by atoms with van der Waals surface area (Å²) in [6.07, 6.45) is 6.79. The van der Waals surface area contributed by atoms with E-state index in [-0.39, 0.29) is 13.2 Å². The second kappa shape index (κ2) is 12.8.